The van der Waals surface area contributed by atoms with E-state index < -0.39 is 21.3 Å². The maximum Gasteiger partial charge on any atom is 0.358 e. The van der Waals surface area contributed by atoms with Crippen molar-refractivity contribution in [3.63, 3.8) is 0 Å². The molecule has 0 saturated heterocycles. The normalized spacial score (nSPS) is 12.9. The number of oxazole rings is 1. The van der Waals surface area contributed by atoms with Crippen LogP contribution in [0, 0.1) is 19.3 Å². The fraction of sp³-hybridized carbons (Fsp3) is 0.286. The Morgan fingerprint density at radius 2 is 1.74 bits per heavy atom. The van der Waals surface area contributed by atoms with Gasteiger partial charge in [0, 0.05) is 10.4 Å². The number of Topliss-reactive ketones (excluding diaryl/α,β-unsaturated/α-hetero) is 1. The fourth-order valence-corrected chi connectivity index (χ4v) is 3.77. The van der Waals surface area contributed by atoms with Gasteiger partial charge in [-0.1, -0.05) is 66.8 Å². The highest BCUT2D eigenvalue weighted by atomic mass is 35.5. The zero-order valence-corrected chi connectivity index (χ0v) is 19.8. The topological polar surface area (TPSA) is 98.8 Å². The average Bonchev–Trinajstić information content (AvgIpc) is 3.09. The summed E-state index contributed by atoms with van der Waals surface area (Å²) in [5.74, 6) is -0.755. The molecule has 1 heterocycles. The Bertz CT molecular complexity index is 1300. The first-order chi connectivity index (χ1) is 14.3. The molecule has 0 radical (unpaired) electrons. The van der Waals surface area contributed by atoms with Crippen LogP contribution in [0.3, 0.4) is 0 Å². The largest absolute Gasteiger partial charge is 0.433 e. The van der Waals surface area contributed by atoms with Gasteiger partial charge in [-0.3, -0.25) is 9.08 Å². The van der Waals surface area contributed by atoms with Gasteiger partial charge < -0.3 is 4.42 Å². The van der Waals surface area contributed by atoms with E-state index in [4.69, 9.17) is 31.9 Å². The summed E-state index contributed by atoms with van der Waals surface area (Å²) in [7, 11) is -4.27. The molecule has 0 unspecified atom stereocenters. The first-order valence-electron chi connectivity index (χ1n) is 9.20. The number of ketones is 1. The summed E-state index contributed by atoms with van der Waals surface area (Å²) in [5, 5.41) is 4.25. The van der Waals surface area contributed by atoms with Gasteiger partial charge in [0.05, 0.1) is 5.02 Å². The van der Waals surface area contributed by atoms with E-state index in [1.54, 1.807) is 39.8 Å². The number of oxime groups is 1. The summed E-state index contributed by atoms with van der Waals surface area (Å²) in [4.78, 5) is 17.1. The summed E-state index contributed by atoms with van der Waals surface area (Å²) >= 11 is 12.4. The summed E-state index contributed by atoms with van der Waals surface area (Å²) < 4.78 is 35.6. The van der Waals surface area contributed by atoms with E-state index in [2.05, 4.69) is 10.1 Å². The van der Waals surface area contributed by atoms with Gasteiger partial charge in [-0.05, 0) is 37.6 Å². The maximum atomic E-state index is 13.0. The van der Waals surface area contributed by atoms with Crippen LogP contribution < -0.4 is 0 Å². The molecule has 3 rings (SSSR count). The van der Waals surface area contributed by atoms with Gasteiger partial charge in [0.15, 0.2) is 11.4 Å². The third kappa shape index (κ3) is 4.76. The van der Waals surface area contributed by atoms with Crippen molar-refractivity contribution in [3.8, 4) is 0 Å². The Balaban J connectivity index is 2.11. The molecule has 0 fully saturated rings. The summed E-state index contributed by atoms with van der Waals surface area (Å²) in [5.41, 5.74) is 0.652. The molecule has 0 bridgehead atoms. The molecule has 1 aromatic heterocycles. The van der Waals surface area contributed by atoms with E-state index in [1.807, 2.05) is 6.92 Å². The SMILES string of the molecule is Cc1ccc(S(=O)(=O)ON=C(C(=O)C(C)(C)C)c2nc3cc(Cl)c(C)c(Cl)c3o2)cc1. The molecule has 10 heteroatoms. The van der Waals surface area contributed by atoms with Gasteiger partial charge in [-0.15, -0.1) is 0 Å². The Kier molecular flexibility index (Phi) is 6.19. The molecule has 164 valence electrons. The van der Waals surface area contributed by atoms with Crippen LogP contribution in [0.15, 0.2) is 44.8 Å². The zero-order chi connectivity index (χ0) is 23.1. The van der Waals surface area contributed by atoms with Crippen LogP contribution in [0.5, 0.6) is 0 Å². The Morgan fingerprint density at radius 1 is 1.13 bits per heavy atom. The molecule has 0 atom stereocenters. The number of halogens is 2. The van der Waals surface area contributed by atoms with Gasteiger partial charge in [0.25, 0.3) is 5.89 Å². The van der Waals surface area contributed by atoms with Gasteiger partial charge >= 0.3 is 10.1 Å². The van der Waals surface area contributed by atoms with E-state index in [0.717, 1.165) is 5.56 Å². The van der Waals surface area contributed by atoms with Crippen molar-refractivity contribution < 1.29 is 21.9 Å². The van der Waals surface area contributed by atoms with Crippen LogP contribution in [0.2, 0.25) is 10.0 Å². The predicted octanol–water partition coefficient (Wildman–Crippen LogP) is 5.48. The van der Waals surface area contributed by atoms with Crippen molar-refractivity contribution in [3.05, 3.63) is 57.4 Å². The number of carbonyl (C=O) groups is 1. The first-order valence-corrected chi connectivity index (χ1v) is 11.4. The lowest BCUT2D eigenvalue weighted by Crippen LogP contribution is -2.30. The molecular weight excluding hydrogens is 463 g/mol. The number of aromatic nitrogens is 1. The van der Waals surface area contributed by atoms with Crippen molar-refractivity contribution in [2.45, 2.75) is 39.5 Å². The monoisotopic (exact) mass is 482 g/mol. The summed E-state index contributed by atoms with van der Waals surface area (Å²) in [6.07, 6.45) is 0. The van der Waals surface area contributed by atoms with Crippen molar-refractivity contribution in [2.75, 3.05) is 0 Å². The van der Waals surface area contributed by atoms with Gasteiger partial charge in [0.1, 0.15) is 10.4 Å². The third-order valence-corrected chi connectivity index (χ3v) is 6.41. The van der Waals surface area contributed by atoms with Gasteiger partial charge in [0.2, 0.25) is 5.71 Å². The van der Waals surface area contributed by atoms with Crippen molar-refractivity contribution in [1.29, 1.82) is 0 Å². The minimum absolute atomic E-state index is 0.104. The molecule has 0 amide bonds. The molecule has 0 aliphatic rings. The van der Waals surface area contributed by atoms with Crippen molar-refractivity contribution in [2.24, 2.45) is 10.6 Å². The van der Waals surface area contributed by atoms with Crippen LogP contribution in [0.1, 0.15) is 37.8 Å². The maximum absolute atomic E-state index is 13.0. The van der Waals surface area contributed by atoms with E-state index in [0.29, 0.717) is 16.1 Å². The Morgan fingerprint density at radius 3 is 2.32 bits per heavy atom. The summed E-state index contributed by atoms with van der Waals surface area (Å²) in [6.45, 7) is 8.47. The number of rotatable bonds is 5. The lowest BCUT2D eigenvalue weighted by atomic mass is 9.88. The quantitative estimate of drug-likeness (QED) is 0.352. The highest BCUT2D eigenvalue weighted by Gasteiger charge is 2.33. The van der Waals surface area contributed by atoms with E-state index >= 15 is 0 Å². The molecule has 31 heavy (non-hydrogen) atoms. The number of carbonyl (C=O) groups excluding carboxylic acids is 1. The lowest BCUT2D eigenvalue weighted by molar-refractivity contribution is -0.119. The third-order valence-electron chi connectivity index (χ3n) is 4.44. The van der Waals surface area contributed by atoms with Crippen LogP contribution in [0.25, 0.3) is 11.1 Å². The number of hydrogen-bond donors (Lipinski definition) is 0. The second-order valence-corrected chi connectivity index (χ2v) is 10.3. The van der Waals surface area contributed by atoms with E-state index in [-0.39, 0.29) is 27.1 Å². The Labute approximate surface area is 190 Å². The number of fused-ring (bicyclic) bond motifs is 1. The second-order valence-electron chi connectivity index (χ2n) is 8.03. The molecule has 0 aliphatic carbocycles. The van der Waals surface area contributed by atoms with Crippen molar-refractivity contribution in [1.82, 2.24) is 4.98 Å². The number of benzene rings is 2. The molecule has 3 aromatic rings. The minimum Gasteiger partial charge on any atom is -0.433 e. The number of hydrogen-bond acceptors (Lipinski definition) is 7. The summed E-state index contributed by atoms with van der Waals surface area (Å²) in [6, 6.07) is 7.55. The standard InChI is InChI=1S/C21H20Cl2N2O5S/c1-11-6-8-13(9-7-11)31(27,28)30-25-17(19(26)21(3,4)5)20-24-15-10-14(22)12(2)16(23)18(15)29-20/h6-10H,1-5H3. The Hall–Kier alpha value is -2.42. The molecule has 7 nitrogen and oxygen atoms in total. The van der Waals surface area contributed by atoms with E-state index in [9.17, 15) is 13.2 Å². The van der Waals surface area contributed by atoms with Crippen LogP contribution in [-0.2, 0) is 19.2 Å². The predicted molar refractivity (Wildman–Crippen MR) is 119 cm³/mol. The fourth-order valence-electron chi connectivity index (χ4n) is 2.56. The van der Waals surface area contributed by atoms with Crippen LogP contribution in [0.4, 0.5) is 0 Å². The van der Waals surface area contributed by atoms with Gasteiger partial charge in [-0.25, -0.2) is 4.98 Å². The highest BCUT2D eigenvalue weighted by Crippen LogP contribution is 2.33. The molecule has 0 aliphatic heterocycles. The number of nitrogens with zero attached hydrogens (tertiary/aromatic N) is 2. The van der Waals surface area contributed by atoms with Crippen LogP contribution in [-0.4, -0.2) is 24.9 Å². The van der Waals surface area contributed by atoms with Gasteiger partial charge in [-0.2, -0.15) is 8.42 Å². The zero-order valence-electron chi connectivity index (χ0n) is 17.5. The minimum atomic E-state index is -4.27. The molecule has 0 saturated carbocycles. The highest BCUT2D eigenvalue weighted by molar-refractivity contribution is 7.86. The molecule has 0 spiro atoms. The van der Waals surface area contributed by atoms with E-state index in [1.165, 1.54) is 18.2 Å². The average molecular weight is 483 g/mol. The second kappa shape index (κ2) is 8.26. The first kappa shape index (κ1) is 23.2. The lowest BCUT2D eigenvalue weighted by Gasteiger charge is -2.15. The number of aryl methyl sites for hydroxylation is 1. The van der Waals surface area contributed by atoms with Crippen LogP contribution >= 0.6 is 23.2 Å². The molecule has 0 N–H and O–H groups in total. The van der Waals surface area contributed by atoms with Crippen molar-refractivity contribution >= 4 is 55.9 Å². The molecule has 2 aromatic carbocycles. The smallest absolute Gasteiger partial charge is 0.358 e. The molecular formula is C21H20Cl2N2O5S.